The molecule has 0 aliphatic rings. The van der Waals surface area contributed by atoms with Crippen molar-refractivity contribution >= 4 is 11.7 Å². The Kier molecular flexibility index (Phi) is 6.39. The van der Waals surface area contributed by atoms with Gasteiger partial charge in [-0.1, -0.05) is 6.08 Å². The van der Waals surface area contributed by atoms with Crippen LogP contribution in [0.3, 0.4) is 0 Å². The summed E-state index contributed by atoms with van der Waals surface area (Å²) >= 11 is 0. The third-order valence-corrected chi connectivity index (χ3v) is 2.87. The molecule has 0 unspecified atom stereocenters. The maximum Gasteiger partial charge on any atom is 0.340 e. The third kappa shape index (κ3) is 3.81. The van der Waals surface area contributed by atoms with Crippen molar-refractivity contribution in [2.24, 2.45) is 0 Å². The molecule has 0 atom stereocenters. The topological polar surface area (TPSA) is 80.0 Å². The molecule has 1 aromatic rings. The smallest absolute Gasteiger partial charge is 0.340 e. The number of hydrogen-bond acceptors (Lipinski definition) is 6. The molecule has 0 saturated heterocycles. The molecule has 0 aromatic heterocycles. The molecule has 1 aromatic carbocycles. The fraction of sp³-hybridized carbons (Fsp3) is 0.400. The van der Waals surface area contributed by atoms with E-state index in [9.17, 15) is 4.79 Å². The molecule has 0 fully saturated rings. The number of benzene rings is 1. The first-order valence-corrected chi connectivity index (χ1v) is 6.47. The van der Waals surface area contributed by atoms with Crippen molar-refractivity contribution in [3.8, 4) is 17.2 Å². The largest absolute Gasteiger partial charge is 0.493 e. The van der Waals surface area contributed by atoms with Gasteiger partial charge in [0.15, 0.2) is 11.5 Å². The van der Waals surface area contributed by atoms with Gasteiger partial charge < -0.3 is 24.7 Å². The van der Waals surface area contributed by atoms with Crippen LogP contribution < -0.4 is 19.9 Å². The summed E-state index contributed by atoms with van der Waals surface area (Å²) in [5.74, 6) is 0.396. The number of esters is 1. The number of carbonyl (C=O) groups is 1. The number of anilines is 1. The summed E-state index contributed by atoms with van der Waals surface area (Å²) in [6, 6.07) is 1.48. The zero-order chi connectivity index (χ0) is 15.8. The molecule has 0 aliphatic heterocycles. The number of ether oxygens (including phenoxy) is 4. The third-order valence-electron chi connectivity index (χ3n) is 2.87. The molecular formula is C15H21NO5. The van der Waals surface area contributed by atoms with Crippen LogP contribution in [-0.4, -0.2) is 33.9 Å². The molecule has 21 heavy (non-hydrogen) atoms. The number of carbonyl (C=O) groups excluding carboxylic acids is 1. The second-order valence-corrected chi connectivity index (χ2v) is 4.17. The van der Waals surface area contributed by atoms with Gasteiger partial charge in [-0.05, 0) is 12.8 Å². The van der Waals surface area contributed by atoms with Gasteiger partial charge >= 0.3 is 5.97 Å². The Morgan fingerprint density at radius 3 is 2.43 bits per heavy atom. The van der Waals surface area contributed by atoms with Gasteiger partial charge in [-0.2, -0.15) is 0 Å². The van der Waals surface area contributed by atoms with Crippen LogP contribution in [0.25, 0.3) is 0 Å². The molecule has 116 valence electrons. The Labute approximate surface area is 124 Å². The Morgan fingerprint density at radius 2 is 1.90 bits per heavy atom. The van der Waals surface area contributed by atoms with Gasteiger partial charge in [0.1, 0.15) is 0 Å². The minimum absolute atomic E-state index is 0.156. The van der Waals surface area contributed by atoms with Crippen molar-refractivity contribution in [1.29, 1.82) is 0 Å². The Balaban J connectivity index is 3.06. The van der Waals surface area contributed by atoms with Crippen LogP contribution in [0.15, 0.2) is 18.7 Å². The van der Waals surface area contributed by atoms with Crippen molar-refractivity contribution < 1.29 is 23.7 Å². The highest BCUT2D eigenvalue weighted by molar-refractivity contribution is 5.98. The molecule has 6 nitrogen and oxygen atoms in total. The molecule has 0 heterocycles. The van der Waals surface area contributed by atoms with E-state index in [1.165, 1.54) is 27.4 Å². The average Bonchev–Trinajstić information content (AvgIpc) is 2.50. The second-order valence-electron chi connectivity index (χ2n) is 4.17. The maximum absolute atomic E-state index is 12.1. The lowest BCUT2D eigenvalue weighted by Gasteiger charge is -2.16. The quantitative estimate of drug-likeness (QED) is 0.343. The lowest BCUT2D eigenvalue weighted by atomic mass is 10.1. The number of allylic oxidation sites excluding steroid dienone is 1. The molecule has 0 bridgehead atoms. The van der Waals surface area contributed by atoms with Crippen LogP contribution >= 0.6 is 0 Å². The summed E-state index contributed by atoms with van der Waals surface area (Å²) in [4.78, 5) is 12.1. The first kappa shape index (κ1) is 16.7. The number of unbranched alkanes of at least 4 members (excludes halogenated alkanes) is 1. The summed E-state index contributed by atoms with van der Waals surface area (Å²) in [5, 5.41) is 0. The number of hydrogen-bond donors (Lipinski definition) is 1. The van der Waals surface area contributed by atoms with E-state index in [-0.39, 0.29) is 17.0 Å². The summed E-state index contributed by atoms with van der Waals surface area (Å²) in [5.41, 5.74) is 6.29. The van der Waals surface area contributed by atoms with Crippen molar-refractivity contribution in [2.75, 3.05) is 33.7 Å². The zero-order valence-electron chi connectivity index (χ0n) is 12.6. The normalized spacial score (nSPS) is 9.86. The number of methoxy groups -OCH3 is 3. The number of nitrogens with two attached hydrogens (primary N) is 1. The van der Waals surface area contributed by atoms with Crippen molar-refractivity contribution in [2.45, 2.75) is 12.8 Å². The highest BCUT2D eigenvalue weighted by Gasteiger charge is 2.23. The first-order chi connectivity index (χ1) is 10.1. The minimum Gasteiger partial charge on any atom is -0.493 e. The summed E-state index contributed by atoms with van der Waals surface area (Å²) in [6.07, 6.45) is 3.25. The monoisotopic (exact) mass is 295 g/mol. The number of nitrogen functional groups attached to an aromatic ring is 1. The van der Waals surface area contributed by atoms with Gasteiger partial charge in [0.05, 0.1) is 39.2 Å². The van der Waals surface area contributed by atoms with E-state index in [1.807, 2.05) is 0 Å². The van der Waals surface area contributed by atoms with Crippen LogP contribution in [0.4, 0.5) is 5.69 Å². The highest BCUT2D eigenvalue weighted by Crippen LogP contribution is 2.43. The fourth-order valence-electron chi connectivity index (χ4n) is 1.82. The molecular weight excluding hydrogens is 274 g/mol. The SMILES string of the molecule is C=CCCCOC(=O)c1cc(OC)c(OC)c(OC)c1N. The maximum atomic E-state index is 12.1. The summed E-state index contributed by atoms with van der Waals surface area (Å²) in [6.45, 7) is 3.90. The van der Waals surface area contributed by atoms with Crippen LogP contribution in [0.5, 0.6) is 17.2 Å². The van der Waals surface area contributed by atoms with E-state index in [0.717, 1.165) is 6.42 Å². The van der Waals surface area contributed by atoms with Gasteiger partial charge in [-0.15, -0.1) is 6.58 Å². The molecule has 0 aliphatic carbocycles. The van der Waals surface area contributed by atoms with E-state index >= 15 is 0 Å². The van der Waals surface area contributed by atoms with E-state index < -0.39 is 5.97 Å². The second kappa shape index (κ2) is 8.04. The van der Waals surface area contributed by atoms with Crippen LogP contribution in [0.2, 0.25) is 0 Å². The van der Waals surface area contributed by atoms with Crippen LogP contribution in [0.1, 0.15) is 23.2 Å². The molecule has 6 heteroatoms. The predicted molar refractivity (Wildman–Crippen MR) is 80.2 cm³/mol. The predicted octanol–water partition coefficient (Wildman–Crippen LogP) is 2.42. The summed E-state index contributed by atoms with van der Waals surface area (Å²) < 4.78 is 20.7. The molecule has 1 rings (SSSR count). The van der Waals surface area contributed by atoms with E-state index in [4.69, 9.17) is 24.7 Å². The van der Waals surface area contributed by atoms with Crippen molar-refractivity contribution in [1.82, 2.24) is 0 Å². The van der Waals surface area contributed by atoms with Gasteiger partial charge in [-0.25, -0.2) is 4.79 Å². The first-order valence-electron chi connectivity index (χ1n) is 6.47. The lowest BCUT2D eigenvalue weighted by molar-refractivity contribution is 0.0502. The van der Waals surface area contributed by atoms with E-state index in [0.29, 0.717) is 24.5 Å². The van der Waals surface area contributed by atoms with Gasteiger partial charge in [0.2, 0.25) is 5.75 Å². The van der Waals surface area contributed by atoms with Crippen LogP contribution in [-0.2, 0) is 4.74 Å². The Morgan fingerprint density at radius 1 is 1.24 bits per heavy atom. The van der Waals surface area contributed by atoms with Crippen molar-refractivity contribution in [3.05, 3.63) is 24.3 Å². The average molecular weight is 295 g/mol. The molecule has 0 radical (unpaired) electrons. The molecule has 2 N–H and O–H groups in total. The molecule has 0 spiro atoms. The zero-order valence-corrected chi connectivity index (χ0v) is 12.6. The standard InChI is InChI=1S/C15H21NO5/c1-5-6-7-8-21-15(17)10-9-11(18-2)13(19-3)14(20-4)12(10)16/h5,9H,1,6-8,16H2,2-4H3. The Bertz CT molecular complexity index is 513. The van der Waals surface area contributed by atoms with E-state index in [1.54, 1.807) is 6.08 Å². The van der Waals surface area contributed by atoms with Crippen molar-refractivity contribution in [3.63, 3.8) is 0 Å². The van der Waals surface area contributed by atoms with E-state index in [2.05, 4.69) is 6.58 Å². The van der Waals surface area contributed by atoms with Gasteiger partial charge in [0.25, 0.3) is 0 Å². The fourth-order valence-corrected chi connectivity index (χ4v) is 1.82. The number of rotatable bonds is 8. The van der Waals surface area contributed by atoms with Gasteiger partial charge in [0, 0.05) is 6.07 Å². The Hall–Kier alpha value is -2.37. The van der Waals surface area contributed by atoms with Crippen LogP contribution in [0, 0.1) is 0 Å². The minimum atomic E-state index is -0.532. The van der Waals surface area contributed by atoms with Gasteiger partial charge in [-0.3, -0.25) is 0 Å². The molecule has 0 amide bonds. The molecule has 0 saturated carbocycles. The summed E-state index contributed by atoms with van der Waals surface area (Å²) in [7, 11) is 4.37. The highest BCUT2D eigenvalue weighted by atomic mass is 16.5. The lowest BCUT2D eigenvalue weighted by Crippen LogP contribution is -2.11.